The number of methoxy groups -OCH3 is 1. The molecular formula is C18H21FN2O2. The number of aromatic nitrogens is 1. The first-order valence-electron chi connectivity index (χ1n) is 7.89. The molecule has 1 aromatic heterocycles. The van der Waals surface area contributed by atoms with Crippen LogP contribution in [0.1, 0.15) is 29.9 Å². The third-order valence-electron chi connectivity index (χ3n) is 4.48. The Bertz CT molecular complexity index is 721. The van der Waals surface area contributed by atoms with E-state index in [1.807, 2.05) is 6.07 Å². The molecule has 2 aromatic rings. The maximum absolute atomic E-state index is 13.5. The molecule has 23 heavy (non-hydrogen) atoms. The Morgan fingerprint density at radius 1 is 1.26 bits per heavy atom. The van der Waals surface area contributed by atoms with Crippen LogP contribution in [0.5, 0.6) is 5.75 Å². The first kappa shape index (κ1) is 15.7. The van der Waals surface area contributed by atoms with E-state index < -0.39 is 0 Å². The fourth-order valence-electron chi connectivity index (χ4n) is 3.20. The molecule has 1 N–H and O–H groups in total. The van der Waals surface area contributed by atoms with Gasteiger partial charge in [0.15, 0.2) is 11.6 Å². The number of hydrogen-bond donors (Lipinski definition) is 1. The lowest BCUT2D eigenvalue weighted by Gasteiger charge is -2.32. The summed E-state index contributed by atoms with van der Waals surface area (Å²) in [6, 6.07) is 8.72. The second-order valence-corrected chi connectivity index (χ2v) is 6.01. The number of halogens is 1. The van der Waals surface area contributed by atoms with E-state index in [9.17, 15) is 9.18 Å². The monoisotopic (exact) mass is 316 g/mol. The normalized spacial score (nSPS) is 16.4. The molecule has 2 heterocycles. The molecule has 0 spiro atoms. The predicted molar refractivity (Wildman–Crippen MR) is 87.3 cm³/mol. The van der Waals surface area contributed by atoms with Crippen molar-refractivity contribution in [2.75, 3.05) is 20.2 Å². The van der Waals surface area contributed by atoms with Gasteiger partial charge >= 0.3 is 0 Å². The molecule has 0 unspecified atom stereocenters. The molecule has 0 radical (unpaired) electrons. The van der Waals surface area contributed by atoms with Crippen molar-refractivity contribution in [3.8, 4) is 5.75 Å². The molecule has 1 aromatic carbocycles. The Morgan fingerprint density at radius 2 is 2.04 bits per heavy atom. The van der Waals surface area contributed by atoms with E-state index in [0.717, 1.165) is 43.6 Å². The molecule has 0 aliphatic carbocycles. The molecular weight excluding hydrogens is 295 g/mol. The summed E-state index contributed by atoms with van der Waals surface area (Å²) < 4.78 is 18.5. The van der Waals surface area contributed by atoms with Crippen LogP contribution in [0.25, 0.3) is 0 Å². The van der Waals surface area contributed by atoms with Crippen molar-refractivity contribution < 1.29 is 9.13 Å². The van der Waals surface area contributed by atoms with Gasteiger partial charge in [0.25, 0.3) is 0 Å². The minimum absolute atomic E-state index is 0.0386. The van der Waals surface area contributed by atoms with Crippen LogP contribution < -0.4 is 10.3 Å². The number of H-pyrrole nitrogens is 1. The molecule has 1 aliphatic heterocycles. The second-order valence-electron chi connectivity index (χ2n) is 6.01. The van der Waals surface area contributed by atoms with Gasteiger partial charge in [-0.3, -0.25) is 9.69 Å². The number of nitrogens with one attached hydrogen (secondary N) is 1. The number of nitrogens with zero attached hydrogens (tertiary/aromatic N) is 1. The lowest BCUT2D eigenvalue weighted by Crippen LogP contribution is -2.32. The summed E-state index contributed by atoms with van der Waals surface area (Å²) >= 11 is 0. The Labute approximate surface area is 134 Å². The maximum atomic E-state index is 13.5. The lowest BCUT2D eigenvalue weighted by molar-refractivity contribution is 0.204. The van der Waals surface area contributed by atoms with Gasteiger partial charge in [-0.2, -0.15) is 0 Å². The van der Waals surface area contributed by atoms with Crippen LogP contribution in [0.2, 0.25) is 0 Å². The smallest absolute Gasteiger partial charge is 0.248 e. The number of piperidine rings is 1. The largest absolute Gasteiger partial charge is 0.494 e. The molecule has 0 saturated carbocycles. The fourth-order valence-corrected chi connectivity index (χ4v) is 3.20. The van der Waals surface area contributed by atoms with Crippen LogP contribution >= 0.6 is 0 Å². The molecule has 1 fully saturated rings. The quantitative estimate of drug-likeness (QED) is 0.943. The summed E-state index contributed by atoms with van der Waals surface area (Å²) in [7, 11) is 1.48. The van der Waals surface area contributed by atoms with E-state index in [2.05, 4.69) is 9.88 Å². The first-order valence-corrected chi connectivity index (χ1v) is 7.89. The molecule has 0 bridgehead atoms. The number of benzene rings is 1. The van der Waals surface area contributed by atoms with Crippen molar-refractivity contribution in [2.45, 2.75) is 25.3 Å². The summed E-state index contributed by atoms with van der Waals surface area (Å²) in [4.78, 5) is 16.4. The van der Waals surface area contributed by atoms with Crippen LogP contribution in [0, 0.1) is 5.82 Å². The van der Waals surface area contributed by atoms with Gasteiger partial charge in [0.1, 0.15) is 0 Å². The summed E-state index contributed by atoms with van der Waals surface area (Å²) in [6.45, 7) is 2.73. The van der Waals surface area contributed by atoms with Gasteiger partial charge in [0, 0.05) is 18.8 Å². The Balaban J connectivity index is 1.60. The van der Waals surface area contributed by atoms with Gasteiger partial charge in [0.2, 0.25) is 5.56 Å². The van der Waals surface area contributed by atoms with Gasteiger partial charge in [-0.05, 0) is 61.2 Å². The summed E-state index contributed by atoms with van der Waals surface area (Å²) in [6.07, 6.45) is 3.78. The van der Waals surface area contributed by atoms with Crippen molar-refractivity contribution >= 4 is 0 Å². The highest BCUT2D eigenvalue weighted by molar-refractivity contribution is 5.30. The number of aromatic amines is 1. The highest BCUT2D eigenvalue weighted by Gasteiger charge is 2.21. The average molecular weight is 316 g/mol. The van der Waals surface area contributed by atoms with Crippen LogP contribution in [0.3, 0.4) is 0 Å². The zero-order valence-corrected chi connectivity index (χ0v) is 13.2. The van der Waals surface area contributed by atoms with Crippen LogP contribution in [-0.2, 0) is 6.54 Å². The summed E-state index contributed by atoms with van der Waals surface area (Å²) in [5.74, 6) is 0.404. The molecule has 1 aliphatic rings. The van der Waals surface area contributed by atoms with Crippen molar-refractivity contribution in [3.05, 3.63) is 63.8 Å². The number of pyridine rings is 1. The minimum atomic E-state index is -0.329. The maximum Gasteiger partial charge on any atom is 0.248 e. The molecule has 122 valence electrons. The average Bonchev–Trinajstić information content (AvgIpc) is 2.57. The van der Waals surface area contributed by atoms with E-state index in [1.54, 1.807) is 24.4 Å². The van der Waals surface area contributed by atoms with Gasteiger partial charge in [-0.25, -0.2) is 4.39 Å². The lowest BCUT2D eigenvalue weighted by atomic mass is 9.90. The number of ether oxygens (including phenoxy) is 1. The topological polar surface area (TPSA) is 45.3 Å². The predicted octanol–water partition coefficient (Wildman–Crippen LogP) is 2.90. The van der Waals surface area contributed by atoms with Crippen molar-refractivity contribution in [2.24, 2.45) is 0 Å². The standard InChI is InChI=1S/C18H21FN2O2/c1-23-17-10-13(2-3-16(17)19)12-21-8-5-14(6-9-21)15-4-7-20-18(22)11-15/h2-4,7,10-11,14H,5-6,8-9,12H2,1H3,(H,20,22). The molecule has 3 rings (SSSR count). The third kappa shape index (κ3) is 3.79. The highest BCUT2D eigenvalue weighted by Crippen LogP contribution is 2.28. The Hall–Kier alpha value is -2.14. The Kier molecular flexibility index (Phi) is 4.76. The van der Waals surface area contributed by atoms with Gasteiger partial charge in [-0.15, -0.1) is 0 Å². The van der Waals surface area contributed by atoms with Crippen LogP contribution in [0.4, 0.5) is 4.39 Å². The van der Waals surface area contributed by atoms with E-state index in [-0.39, 0.29) is 11.4 Å². The third-order valence-corrected chi connectivity index (χ3v) is 4.48. The number of hydrogen-bond acceptors (Lipinski definition) is 3. The highest BCUT2D eigenvalue weighted by atomic mass is 19.1. The molecule has 4 nitrogen and oxygen atoms in total. The number of rotatable bonds is 4. The summed E-state index contributed by atoms with van der Waals surface area (Å²) in [5, 5.41) is 0. The van der Waals surface area contributed by atoms with Crippen LogP contribution in [-0.4, -0.2) is 30.1 Å². The van der Waals surface area contributed by atoms with Crippen LogP contribution in [0.15, 0.2) is 41.3 Å². The van der Waals surface area contributed by atoms with Gasteiger partial charge < -0.3 is 9.72 Å². The van der Waals surface area contributed by atoms with E-state index >= 15 is 0 Å². The zero-order valence-electron chi connectivity index (χ0n) is 13.2. The first-order chi connectivity index (χ1) is 11.2. The van der Waals surface area contributed by atoms with Gasteiger partial charge in [-0.1, -0.05) is 6.07 Å². The SMILES string of the molecule is COc1cc(CN2CCC(c3cc[nH]c(=O)c3)CC2)ccc1F. The molecule has 0 atom stereocenters. The number of likely N-dealkylation sites (tertiary alicyclic amines) is 1. The van der Waals surface area contributed by atoms with E-state index in [0.29, 0.717) is 11.7 Å². The van der Waals surface area contributed by atoms with E-state index in [4.69, 9.17) is 4.74 Å². The Morgan fingerprint density at radius 3 is 2.74 bits per heavy atom. The molecule has 0 amide bonds. The molecule has 1 saturated heterocycles. The summed E-state index contributed by atoms with van der Waals surface area (Å²) in [5.41, 5.74) is 2.14. The van der Waals surface area contributed by atoms with Crippen molar-refractivity contribution in [1.82, 2.24) is 9.88 Å². The van der Waals surface area contributed by atoms with E-state index in [1.165, 1.54) is 13.2 Å². The van der Waals surface area contributed by atoms with Gasteiger partial charge in [0.05, 0.1) is 7.11 Å². The minimum Gasteiger partial charge on any atom is -0.494 e. The molecule has 5 heteroatoms. The van der Waals surface area contributed by atoms with Crippen molar-refractivity contribution in [3.63, 3.8) is 0 Å². The second kappa shape index (κ2) is 6.96. The fraction of sp³-hybridized carbons (Fsp3) is 0.389. The zero-order chi connectivity index (χ0) is 16.2. The van der Waals surface area contributed by atoms with Crippen molar-refractivity contribution in [1.29, 1.82) is 0 Å².